The van der Waals surface area contributed by atoms with Crippen LogP contribution in [-0.4, -0.2) is 17.1 Å². The van der Waals surface area contributed by atoms with Gasteiger partial charge < -0.3 is 10.1 Å². The highest BCUT2D eigenvalue weighted by Gasteiger charge is 2.15. The van der Waals surface area contributed by atoms with Crippen LogP contribution in [0.3, 0.4) is 0 Å². The molecule has 0 radical (unpaired) electrons. The first-order valence-electron chi connectivity index (χ1n) is 6.85. The Morgan fingerprint density at radius 3 is 2.67 bits per heavy atom. The maximum absolute atomic E-state index is 6.19. The van der Waals surface area contributed by atoms with Crippen molar-refractivity contribution in [2.24, 2.45) is 0 Å². The molecule has 0 unspecified atom stereocenters. The van der Waals surface area contributed by atoms with Gasteiger partial charge in [-0.1, -0.05) is 29.3 Å². The molecule has 0 saturated heterocycles. The highest BCUT2D eigenvalue weighted by molar-refractivity contribution is 7.80. The molecule has 124 valence electrons. The van der Waals surface area contributed by atoms with Gasteiger partial charge in [-0.3, -0.25) is 0 Å². The lowest BCUT2D eigenvalue weighted by Crippen LogP contribution is -1.95. The first-order valence-corrected chi connectivity index (χ1v) is 9.71. The molecule has 0 saturated carbocycles. The first kappa shape index (κ1) is 17.6. The minimum Gasteiger partial charge on any atom is -0.486 e. The van der Waals surface area contributed by atoms with E-state index >= 15 is 0 Å². The first-order chi connectivity index (χ1) is 11.5. The van der Waals surface area contributed by atoms with Crippen LogP contribution in [0, 0.1) is 6.92 Å². The predicted octanol–water partition coefficient (Wildman–Crippen LogP) is 6.55. The molecule has 3 nitrogen and oxygen atoms in total. The Kier molecular flexibility index (Phi) is 5.42. The average molecular weight is 415 g/mol. The highest BCUT2D eigenvalue weighted by atomic mass is 35.5. The number of anilines is 2. The van der Waals surface area contributed by atoms with Crippen molar-refractivity contribution in [3.05, 3.63) is 49.4 Å². The highest BCUT2D eigenvalue weighted by Crippen LogP contribution is 2.37. The monoisotopic (exact) mass is 414 g/mol. The summed E-state index contributed by atoms with van der Waals surface area (Å²) >= 11 is 20.7. The number of benzene rings is 1. The molecular weight excluding hydrogens is 403 g/mol. The van der Waals surface area contributed by atoms with Crippen LogP contribution in [0.25, 0.3) is 11.3 Å². The van der Waals surface area contributed by atoms with Crippen LogP contribution in [0.2, 0.25) is 10.0 Å². The Labute approximate surface area is 163 Å². The molecule has 24 heavy (non-hydrogen) atoms. The van der Waals surface area contributed by atoms with Gasteiger partial charge in [0.05, 0.1) is 33.4 Å². The molecular formula is C16H12Cl2N2OS3. The zero-order chi connectivity index (χ0) is 17.3. The van der Waals surface area contributed by atoms with E-state index in [9.17, 15) is 0 Å². The van der Waals surface area contributed by atoms with Gasteiger partial charge in [-0.25, -0.2) is 4.98 Å². The van der Waals surface area contributed by atoms with Crippen molar-refractivity contribution in [1.82, 2.24) is 4.98 Å². The number of aromatic nitrogens is 1. The van der Waals surface area contributed by atoms with Gasteiger partial charge in [0.15, 0.2) is 5.13 Å². The maximum Gasteiger partial charge on any atom is 0.201 e. The lowest BCUT2D eigenvalue weighted by Gasteiger charge is -2.06. The van der Waals surface area contributed by atoms with E-state index in [1.54, 1.807) is 36.6 Å². The SMILES string of the molecule is COC(=S)c1cc(-c2csc(Nc3c(Cl)cccc3Cl)n2)c(C)s1. The van der Waals surface area contributed by atoms with Crippen molar-refractivity contribution >= 4 is 74.0 Å². The zero-order valence-corrected chi connectivity index (χ0v) is 16.7. The topological polar surface area (TPSA) is 34.1 Å². The second-order valence-corrected chi connectivity index (χ2v) is 8.13. The van der Waals surface area contributed by atoms with Crippen LogP contribution in [0.4, 0.5) is 10.8 Å². The van der Waals surface area contributed by atoms with Crippen LogP contribution in [0.15, 0.2) is 29.6 Å². The number of para-hydroxylation sites is 1. The number of aryl methyl sites for hydroxylation is 1. The Morgan fingerprint density at radius 2 is 2.00 bits per heavy atom. The molecule has 2 heterocycles. The van der Waals surface area contributed by atoms with Gasteiger partial charge in [-0.2, -0.15) is 0 Å². The Bertz CT molecular complexity index is 884. The molecule has 0 aliphatic heterocycles. The molecule has 3 aromatic rings. The van der Waals surface area contributed by atoms with Gasteiger partial charge in [-0.15, -0.1) is 22.7 Å². The number of thiophene rings is 1. The number of nitrogens with zero attached hydrogens (tertiary/aromatic N) is 1. The molecule has 0 amide bonds. The number of thiazole rings is 1. The van der Waals surface area contributed by atoms with E-state index in [0.717, 1.165) is 26.1 Å². The van der Waals surface area contributed by atoms with Crippen molar-refractivity contribution < 1.29 is 4.74 Å². The van der Waals surface area contributed by atoms with Crippen molar-refractivity contribution in [3.8, 4) is 11.3 Å². The molecule has 0 bridgehead atoms. The second-order valence-electron chi connectivity index (χ2n) is 4.83. The summed E-state index contributed by atoms with van der Waals surface area (Å²) in [5.74, 6) is 0. The van der Waals surface area contributed by atoms with Crippen LogP contribution >= 0.6 is 58.1 Å². The van der Waals surface area contributed by atoms with E-state index in [4.69, 9.17) is 40.2 Å². The summed E-state index contributed by atoms with van der Waals surface area (Å²) in [5.41, 5.74) is 2.58. The number of hydrogen-bond acceptors (Lipinski definition) is 6. The fourth-order valence-corrected chi connectivity index (χ4v) is 4.45. The van der Waals surface area contributed by atoms with E-state index in [0.29, 0.717) is 20.8 Å². The smallest absolute Gasteiger partial charge is 0.201 e. The number of hydrogen-bond donors (Lipinski definition) is 1. The molecule has 0 atom stereocenters. The number of rotatable bonds is 4. The van der Waals surface area contributed by atoms with Crippen molar-refractivity contribution in [1.29, 1.82) is 0 Å². The number of ether oxygens (including phenoxy) is 1. The molecule has 0 aliphatic carbocycles. The summed E-state index contributed by atoms with van der Waals surface area (Å²) < 4.78 is 5.13. The van der Waals surface area contributed by atoms with Gasteiger partial charge >= 0.3 is 0 Å². The van der Waals surface area contributed by atoms with E-state index < -0.39 is 0 Å². The molecule has 8 heteroatoms. The van der Waals surface area contributed by atoms with Crippen LogP contribution < -0.4 is 5.32 Å². The molecule has 1 aromatic carbocycles. The fourth-order valence-electron chi connectivity index (χ4n) is 2.12. The molecule has 0 aliphatic rings. The number of halogens is 2. The Balaban J connectivity index is 1.89. The lowest BCUT2D eigenvalue weighted by atomic mass is 10.2. The third kappa shape index (κ3) is 3.58. The van der Waals surface area contributed by atoms with E-state index in [-0.39, 0.29) is 0 Å². The van der Waals surface area contributed by atoms with E-state index in [1.165, 1.54) is 11.3 Å². The lowest BCUT2D eigenvalue weighted by molar-refractivity contribution is 0.417. The Morgan fingerprint density at radius 1 is 1.29 bits per heavy atom. The van der Waals surface area contributed by atoms with Crippen LogP contribution in [0.5, 0.6) is 0 Å². The van der Waals surface area contributed by atoms with E-state index in [1.807, 2.05) is 18.4 Å². The minimum atomic E-state index is 0.491. The van der Waals surface area contributed by atoms with Crippen molar-refractivity contribution in [2.45, 2.75) is 6.92 Å². The molecule has 3 rings (SSSR count). The normalized spacial score (nSPS) is 10.7. The van der Waals surface area contributed by atoms with E-state index in [2.05, 4.69) is 10.3 Å². The van der Waals surface area contributed by atoms with Crippen LogP contribution in [-0.2, 0) is 4.74 Å². The number of thiocarbonyl (C=S) groups is 1. The molecule has 0 fully saturated rings. The summed E-state index contributed by atoms with van der Waals surface area (Å²) in [6.07, 6.45) is 0. The third-order valence-corrected chi connectivity index (χ3v) is 6.23. The summed E-state index contributed by atoms with van der Waals surface area (Å²) in [7, 11) is 1.58. The molecule has 0 spiro atoms. The minimum absolute atomic E-state index is 0.491. The van der Waals surface area contributed by atoms with Crippen LogP contribution in [0.1, 0.15) is 9.75 Å². The second kappa shape index (κ2) is 7.37. The van der Waals surface area contributed by atoms with Crippen molar-refractivity contribution in [3.63, 3.8) is 0 Å². The molecule has 2 aromatic heterocycles. The van der Waals surface area contributed by atoms with Gasteiger partial charge in [0.1, 0.15) is 0 Å². The summed E-state index contributed by atoms with van der Waals surface area (Å²) in [5, 5.41) is 7.50. The van der Waals surface area contributed by atoms with Gasteiger partial charge in [0.25, 0.3) is 0 Å². The molecule has 1 N–H and O–H groups in total. The third-order valence-electron chi connectivity index (χ3n) is 3.28. The predicted molar refractivity (Wildman–Crippen MR) is 109 cm³/mol. The van der Waals surface area contributed by atoms with Crippen molar-refractivity contribution in [2.75, 3.05) is 12.4 Å². The van der Waals surface area contributed by atoms with Gasteiger partial charge in [0, 0.05) is 15.8 Å². The zero-order valence-electron chi connectivity index (χ0n) is 12.7. The van der Waals surface area contributed by atoms with Gasteiger partial charge in [-0.05, 0) is 37.3 Å². The number of nitrogens with one attached hydrogen (secondary N) is 1. The largest absolute Gasteiger partial charge is 0.486 e. The standard InChI is InChI=1S/C16H12Cl2N2OS3/c1-8-9(6-13(24-8)15(22)21-2)12-7-23-16(19-12)20-14-10(17)4-3-5-11(14)18/h3-7H,1-2H3,(H,19,20). The quantitative estimate of drug-likeness (QED) is 0.490. The summed E-state index contributed by atoms with van der Waals surface area (Å²) in [6, 6.07) is 7.38. The number of methoxy groups -OCH3 is 1. The van der Waals surface area contributed by atoms with Gasteiger partial charge in [0.2, 0.25) is 5.05 Å². The maximum atomic E-state index is 6.19. The average Bonchev–Trinajstić information content (AvgIpc) is 3.16. The fraction of sp³-hybridized carbons (Fsp3) is 0.125. The summed E-state index contributed by atoms with van der Waals surface area (Å²) in [4.78, 5) is 6.69. The Hall–Kier alpha value is -1.18. The summed E-state index contributed by atoms with van der Waals surface area (Å²) in [6.45, 7) is 2.04.